The van der Waals surface area contributed by atoms with E-state index in [4.69, 9.17) is 11.2 Å². The van der Waals surface area contributed by atoms with E-state index in [1.165, 1.54) is 17.3 Å². The number of rotatable bonds is 16. The van der Waals surface area contributed by atoms with Crippen molar-refractivity contribution in [1.29, 1.82) is 0 Å². The topological polar surface area (TPSA) is 102 Å². The zero-order valence-electron chi connectivity index (χ0n) is 25.0. The lowest BCUT2D eigenvalue weighted by atomic mass is 9.91. The van der Waals surface area contributed by atoms with Crippen molar-refractivity contribution in [1.82, 2.24) is 10.2 Å². The van der Waals surface area contributed by atoms with Crippen LogP contribution in [0.4, 0.5) is 0 Å². The molecular formula is C33H48N2O5S. The molecule has 5 atom stereocenters. The second-order valence-corrected chi connectivity index (χ2v) is 11.7. The van der Waals surface area contributed by atoms with E-state index in [-0.39, 0.29) is 5.91 Å². The summed E-state index contributed by atoms with van der Waals surface area (Å²) in [6.45, 7) is 10.0. The molecule has 0 bridgehead atoms. The van der Waals surface area contributed by atoms with Crippen LogP contribution in [-0.4, -0.2) is 82.8 Å². The number of carbonyl (C=O) groups excluding carboxylic acids is 1. The monoisotopic (exact) mass is 584 g/mol. The highest BCUT2D eigenvalue weighted by molar-refractivity contribution is 7.99. The first kappa shape index (κ1) is 34.8. The van der Waals surface area contributed by atoms with Gasteiger partial charge in [-0.15, -0.1) is 18.2 Å². The third-order valence-corrected chi connectivity index (χ3v) is 8.22. The Hall–Kier alpha value is -2.38. The van der Waals surface area contributed by atoms with Gasteiger partial charge in [0.1, 0.15) is 29.9 Å². The van der Waals surface area contributed by atoms with Gasteiger partial charge in [-0.3, -0.25) is 9.69 Å². The number of ether oxygens (including phenoxy) is 1. The van der Waals surface area contributed by atoms with Gasteiger partial charge in [0.2, 0.25) is 5.91 Å². The van der Waals surface area contributed by atoms with Crippen molar-refractivity contribution in [3.05, 3.63) is 70.8 Å². The van der Waals surface area contributed by atoms with Gasteiger partial charge in [0.05, 0.1) is 6.54 Å². The van der Waals surface area contributed by atoms with Crippen LogP contribution < -0.4 is 5.32 Å². The first-order chi connectivity index (χ1) is 19.6. The van der Waals surface area contributed by atoms with Gasteiger partial charge in [0, 0.05) is 19.5 Å². The van der Waals surface area contributed by atoms with E-state index in [1.54, 1.807) is 6.26 Å². The van der Waals surface area contributed by atoms with Gasteiger partial charge in [-0.1, -0.05) is 60.9 Å². The number of hydrogen-bond acceptors (Lipinski definition) is 7. The van der Waals surface area contributed by atoms with Gasteiger partial charge in [-0.05, 0) is 75.1 Å². The predicted octanol–water partition coefficient (Wildman–Crippen LogP) is 4.07. The number of unbranched alkanes of at least 4 members (excludes halogenated alkanes) is 2. The second kappa shape index (κ2) is 18.2. The standard InChI is InChI=1S/C33H48N2O5S/c1-7-19-35(5)20-18-34-28(36)13-11-9-10-12-25(8-2)16-14-23(3)21-27-22-26(17-15-24(27)4)32-30(38)29(37)31(39)33(40-32)41-6/h1,8,14-17,22,29-33,37-39H,2,9-13,18-21H2,3-6H3,(H,34,36)/b23-14+,25-16+/t29-,30-,31+,32+,33-/m1/s1. The Kier molecular flexibility index (Phi) is 15.5. The number of likely N-dealkylation sites (N-methyl/N-ethyl adjacent to an activating group) is 1. The van der Waals surface area contributed by atoms with Crippen LogP contribution >= 0.6 is 11.8 Å². The van der Waals surface area contributed by atoms with Crippen LogP contribution in [0.25, 0.3) is 0 Å². The lowest BCUT2D eigenvalue weighted by Crippen LogP contribution is -2.52. The van der Waals surface area contributed by atoms with Crippen molar-refractivity contribution in [2.24, 2.45) is 0 Å². The summed E-state index contributed by atoms with van der Waals surface area (Å²) in [5.74, 6) is 2.67. The van der Waals surface area contributed by atoms with Crippen LogP contribution in [0.5, 0.6) is 0 Å². The molecule has 7 nitrogen and oxygen atoms in total. The van der Waals surface area contributed by atoms with Gasteiger partial charge in [0.15, 0.2) is 0 Å². The fraction of sp³-hybridized carbons (Fsp3) is 0.545. The number of nitrogens with one attached hydrogen (secondary N) is 1. The average molecular weight is 585 g/mol. The molecule has 4 N–H and O–H groups in total. The largest absolute Gasteiger partial charge is 0.387 e. The Labute approximate surface area is 250 Å². The summed E-state index contributed by atoms with van der Waals surface area (Å²) in [5.41, 5.74) is 4.75. The lowest BCUT2D eigenvalue weighted by molar-refractivity contribution is -0.200. The smallest absolute Gasteiger partial charge is 0.220 e. The normalized spacial score (nSPS) is 23.3. The van der Waals surface area contributed by atoms with Crippen molar-refractivity contribution in [2.75, 3.05) is 32.9 Å². The van der Waals surface area contributed by atoms with Crippen LogP contribution in [0, 0.1) is 19.3 Å². The second-order valence-electron chi connectivity index (χ2n) is 10.8. The number of aryl methyl sites for hydroxylation is 1. The molecule has 2 rings (SSSR count). The van der Waals surface area contributed by atoms with Crippen LogP contribution in [0.2, 0.25) is 0 Å². The first-order valence-corrected chi connectivity index (χ1v) is 15.6. The minimum absolute atomic E-state index is 0.0823. The number of carbonyl (C=O) groups is 1. The van der Waals surface area contributed by atoms with Crippen LogP contribution in [0.15, 0.2) is 54.2 Å². The molecule has 1 heterocycles. The van der Waals surface area contributed by atoms with Crippen molar-refractivity contribution >= 4 is 17.7 Å². The quantitative estimate of drug-likeness (QED) is 0.132. The number of allylic oxidation sites excluding steroid dienone is 5. The lowest BCUT2D eigenvalue weighted by Gasteiger charge is -2.40. The molecule has 0 saturated carbocycles. The van der Waals surface area contributed by atoms with Crippen molar-refractivity contribution in [2.45, 2.75) is 82.2 Å². The molecule has 226 valence electrons. The molecule has 0 aromatic heterocycles. The summed E-state index contributed by atoms with van der Waals surface area (Å²) in [6, 6.07) is 5.93. The molecule has 0 radical (unpaired) electrons. The molecule has 1 aliphatic heterocycles. The third kappa shape index (κ3) is 11.4. The molecule has 0 unspecified atom stereocenters. The number of amides is 1. The fourth-order valence-electron chi connectivity index (χ4n) is 4.74. The number of thioether (sulfide) groups is 1. The Balaban J connectivity index is 1.87. The maximum Gasteiger partial charge on any atom is 0.220 e. The number of aliphatic hydroxyl groups is 3. The molecule has 0 spiro atoms. The van der Waals surface area contributed by atoms with E-state index in [2.05, 4.69) is 43.8 Å². The minimum Gasteiger partial charge on any atom is -0.387 e. The van der Waals surface area contributed by atoms with E-state index >= 15 is 0 Å². The molecule has 1 aromatic carbocycles. The Morgan fingerprint density at radius 3 is 2.59 bits per heavy atom. The molecule has 1 amide bonds. The van der Waals surface area contributed by atoms with Gasteiger partial charge in [0.25, 0.3) is 0 Å². The van der Waals surface area contributed by atoms with Crippen LogP contribution in [0.1, 0.15) is 61.8 Å². The van der Waals surface area contributed by atoms with E-state index in [9.17, 15) is 20.1 Å². The molecular weight excluding hydrogens is 536 g/mol. The Morgan fingerprint density at radius 2 is 1.90 bits per heavy atom. The highest BCUT2D eigenvalue weighted by Gasteiger charge is 2.44. The number of terminal acetylenes is 1. The van der Waals surface area contributed by atoms with Gasteiger partial charge in [-0.25, -0.2) is 0 Å². The zero-order chi connectivity index (χ0) is 30.4. The number of hydrogen-bond donors (Lipinski definition) is 4. The van der Waals surface area contributed by atoms with E-state index in [1.807, 2.05) is 36.2 Å². The van der Waals surface area contributed by atoms with E-state index in [0.29, 0.717) is 19.5 Å². The number of nitrogens with zero attached hydrogens (tertiary/aromatic N) is 1. The number of aliphatic hydroxyl groups excluding tert-OH is 3. The summed E-state index contributed by atoms with van der Waals surface area (Å²) < 4.78 is 5.95. The molecule has 41 heavy (non-hydrogen) atoms. The van der Waals surface area contributed by atoms with E-state index in [0.717, 1.165) is 60.9 Å². The zero-order valence-corrected chi connectivity index (χ0v) is 25.8. The van der Waals surface area contributed by atoms with Crippen LogP contribution in [0.3, 0.4) is 0 Å². The van der Waals surface area contributed by atoms with Gasteiger partial charge >= 0.3 is 0 Å². The maximum atomic E-state index is 12.0. The molecule has 1 aliphatic rings. The van der Waals surface area contributed by atoms with Crippen LogP contribution in [-0.2, 0) is 16.0 Å². The molecule has 0 aliphatic carbocycles. The molecule has 8 heteroatoms. The van der Waals surface area contributed by atoms with E-state index < -0.39 is 29.9 Å². The first-order valence-electron chi connectivity index (χ1n) is 14.3. The van der Waals surface area contributed by atoms with Crippen molar-refractivity contribution in [3.63, 3.8) is 0 Å². The summed E-state index contributed by atoms with van der Waals surface area (Å²) in [4.78, 5) is 14.0. The van der Waals surface area contributed by atoms with Crippen molar-refractivity contribution < 1.29 is 24.9 Å². The highest BCUT2D eigenvalue weighted by Crippen LogP contribution is 2.36. The minimum atomic E-state index is -1.27. The average Bonchev–Trinajstić information content (AvgIpc) is 2.95. The predicted molar refractivity (Wildman–Crippen MR) is 168 cm³/mol. The Bertz CT molecular complexity index is 1090. The fourth-order valence-corrected chi connectivity index (χ4v) is 5.41. The highest BCUT2D eigenvalue weighted by atomic mass is 32.2. The molecule has 1 fully saturated rings. The summed E-state index contributed by atoms with van der Waals surface area (Å²) in [6.07, 6.45) is 13.9. The summed E-state index contributed by atoms with van der Waals surface area (Å²) in [7, 11) is 1.94. The summed E-state index contributed by atoms with van der Waals surface area (Å²) >= 11 is 1.31. The van der Waals surface area contributed by atoms with Gasteiger partial charge in [-0.2, -0.15) is 0 Å². The van der Waals surface area contributed by atoms with Gasteiger partial charge < -0.3 is 25.4 Å². The summed E-state index contributed by atoms with van der Waals surface area (Å²) in [5, 5.41) is 34.0. The molecule has 1 aromatic rings. The van der Waals surface area contributed by atoms with Crippen molar-refractivity contribution in [3.8, 4) is 12.3 Å². The maximum absolute atomic E-state index is 12.0. The molecule has 1 saturated heterocycles. The third-order valence-electron chi connectivity index (χ3n) is 7.36. The number of benzene rings is 1. The Morgan fingerprint density at radius 1 is 1.17 bits per heavy atom. The SMILES string of the molecule is C#CCN(C)CCNC(=O)CCCCC/C(C=C)=C/C=C(\C)Cc1cc([C@@H]2O[C@H](SC)[C@@H](O)[C@H](O)[C@H]2O)ccc1C.